The van der Waals surface area contributed by atoms with E-state index in [4.69, 9.17) is 0 Å². The molecule has 0 aliphatic rings. The highest BCUT2D eigenvalue weighted by atomic mass is 79.9. The van der Waals surface area contributed by atoms with Crippen molar-refractivity contribution in [3.8, 4) is 0 Å². The van der Waals surface area contributed by atoms with Crippen molar-refractivity contribution in [3.05, 3.63) is 33.4 Å². The zero-order chi connectivity index (χ0) is 9.42. The first-order valence-corrected chi connectivity index (χ1v) is 5.15. The predicted octanol–water partition coefficient (Wildman–Crippen LogP) is 3.62. The molecule has 2 rings (SSSR count). The van der Waals surface area contributed by atoms with Gasteiger partial charge in [0.05, 0.1) is 0 Å². The minimum atomic E-state index is -0.267. The van der Waals surface area contributed by atoms with E-state index in [1.807, 2.05) is 0 Å². The van der Waals surface area contributed by atoms with E-state index in [0.29, 0.717) is 10.3 Å². The van der Waals surface area contributed by atoms with E-state index in [2.05, 4.69) is 15.9 Å². The SMILES string of the molecule is O=Cc1cc(Br)cc2cc(F)sc12. The third-order valence-corrected chi connectivity index (χ3v) is 3.15. The van der Waals surface area contributed by atoms with Crippen LogP contribution >= 0.6 is 27.3 Å². The summed E-state index contributed by atoms with van der Waals surface area (Å²) in [6.45, 7) is 0. The molecule has 0 aliphatic carbocycles. The molecular formula is C9H4BrFOS. The van der Waals surface area contributed by atoms with Gasteiger partial charge in [0.1, 0.15) is 0 Å². The number of benzene rings is 1. The van der Waals surface area contributed by atoms with Gasteiger partial charge in [-0.2, -0.15) is 4.39 Å². The van der Waals surface area contributed by atoms with Crippen LogP contribution in [-0.2, 0) is 0 Å². The van der Waals surface area contributed by atoms with E-state index in [-0.39, 0.29) is 5.13 Å². The number of carbonyl (C=O) groups is 1. The fourth-order valence-corrected chi connectivity index (χ4v) is 2.53. The Labute approximate surface area is 86.3 Å². The van der Waals surface area contributed by atoms with Gasteiger partial charge in [-0.15, -0.1) is 11.3 Å². The highest BCUT2D eigenvalue weighted by molar-refractivity contribution is 9.10. The summed E-state index contributed by atoms with van der Waals surface area (Å²) in [6, 6.07) is 4.91. The lowest BCUT2D eigenvalue weighted by Crippen LogP contribution is -1.78. The number of aldehydes is 1. The van der Waals surface area contributed by atoms with Gasteiger partial charge in [0.15, 0.2) is 11.4 Å². The molecular weight excluding hydrogens is 255 g/mol. The molecule has 1 aromatic carbocycles. The summed E-state index contributed by atoms with van der Waals surface area (Å²) >= 11 is 4.25. The first kappa shape index (κ1) is 8.84. The average molecular weight is 259 g/mol. The lowest BCUT2D eigenvalue weighted by molar-refractivity contribution is 0.112. The van der Waals surface area contributed by atoms with Crippen LogP contribution in [0.1, 0.15) is 10.4 Å². The largest absolute Gasteiger partial charge is 0.298 e. The van der Waals surface area contributed by atoms with Crippen molar-refractivity contribution in [3.63, 3.8) is 0 Å². The minimum absolute atomic E-state index is 0.267. The first-order chi connectivity index (χ1) is 6.20. The molecule has 4 heteroatoms. The summed E-state index contributed by atoms with van der Waals surface area (Å²) in [7, 11) is 0. The van der Waals surface area contributed by atoms with Gasteiger partial charge in [0, 0.05) is 14.7 Å². The maximum Gasteiger partial charge on any atom is 0.177 e. The van der Waals surface area contributed by atoms with Gasteiger partial charge in [-0.1, -0.05) is 15.9 Å². The zero-order valence-electron chi connectivity index (χ0n) is 6.38. The van der Waals surface area contributed by atoms with Crippen LogP contribution in [0.3, 0.4) is 0 Å². The number of hydrogen-bond acceptors (Lipinski definition) is 2. The Balaban J connectivity index is 2.88. The number of fused-ring (bicyclic) bond motifs is 1. The minimum Gasteiger partial charge on any atom is -0.298 e. The van der Waals surface area contributed by atoms with Gasteiger partial charge in [0.2, 0.25) is 0 Å². The molecule has 0 atom stereocenters. The van der Waals surface area contributed by atoms with Gasteiger partial charge in [-0.3, -0.25) is 4.79 Å². The standard InChI is InChI=1S/C9H4BrFOS/c10-7-1-5-3-8(11)13-9(5)6(2-7)4-12/h1-4H. The lowest BCUT2D eigenvalue weighted by atomic mass is 10.2. The maximum absolute atomic E-state index is 12.9. The van der Waals surface area contributed by atoms with E-state index >= 15 is 0 Å². The second-order valence-corrected chi connectivity index (χ2v) is 4.50. The quantitative estimate of drug-likeness (QED) is 0.715. The van der Waals surface area contributed by atoms with E-state index in [9.17, 15) is 9.18 Å². The molecule has 0 saturated heterocycles. The Bertz CT molecular complexity index is 478. The fraction of sp³-hybridized carbons (Fsp3) is 0. The van der Waals surface area contributed by atoms with Crippen molar-refractivity contribution >= 4 is 43.6 Å². The Hall–Kier alpha value is -0.740. The van der Waals surface area contributed by atoms with Crippen molar-refractivity contribution in [2.75, 3.05) is 0 Å². The normalized spacial score (nSPS) is 10.6. The molecule has 0 radical (unpaired) electrons. The van der Waals surface area contributed by atoms with E-state index in [0.717, 1.165) is 27.5 Å². The lowest BCUT2D eigenvalue weighted by Gasteiger charge is -1.94. The van der Waals surface area contributed by atoms with Crippen molar-refractivity contribution in [2.45, 2.75) is 0 Å². The summed E-state index contributed by atoms with van der Waals surface area (Å²) in [5.41, 5.74) is 0.526. The molecule has 1 heterocycles. The summed E-state index contributed by atoms with van der Waals surface area (Å²) in [5.74, 6) is 0. The van der Waals surface area contributed by atoms with Crippen molar-refractivity contribution in [2.24, 2.45) is 0 Å². The van der Waals surface area contributed by atoms with Crippen molar-refractivity contribution in [1.29, 1.82) is 0 Å². The van der Waals surface area contributed by atoms with Crippen LogP contribution in [0.25, 0.3) is 10.1 Å². The first-order valence-electron chi connectivity index (χ1n) is 3.54. The molecule has 2 aromatic rings. The molecule has 13 heavy (non-hydrogen) atoms. The molecule has 0 unspecified atom stereocenters. The monoisotopic (exact) mass is 258 g/mol. The van der Waals surface area contributed by atoms with Gasteiger partial charge in [-0.05, 0) is 23.6 Å². The Morgan fingerprint density at radius 2 is 2.15 bits per heavy atom. The average Bonchev–Trinajstić information content (AvgIpc) is 2.43. The van der Waals surface area contributed by atoms with E-state index in [1.54, 1.807) is 12.1 Å². The van der Waals surface area contributed by atoms with Crippen molar-refractivity contribution < 1.29 is 9.18 Å². The third kappa shape index (κ3) is 1.51. The Morgan fingerprint density at radius 1 is 1.38 bits per heavy atom. The Kier molecular flexibility index (Phi) is 2.17. The number of rotatable bonds is 1. The molecule has 1 aromatic heterocycles. The number of carbonyl (C=O) groups excluding carboxylic acids is 1. The molecule has 0 saturated carbocycles. The van der Waals surface area contributed by atoms with Crippen LogP contribution in [0.5, 0.6) is 0 Å². The predicted molar refractivity (Wildman–Crippen MR) is 54.9 cm³/mol. The van der Waals surface area contributed by atoms with Crippen LogP contribution < -0.4 is 0 Å². The molecule has 1 nitrogen and oxygen atoms in total. The molecule has 0 N–H and O–H groups in total. The van der Waals surface area contributed by atoms with Gasteiger partial charge < -0.3 is 0 Å². The summed E-state index contributed by atoms with van der Waals surface area (Å²) in [5, 5.41) is 0.496. The molecule has 0 fully saturated rings. The second-order valence-electron chi connectivity index (χ2n) is 2.58. The molecule has 0 amide bonds. The summed E-state index contributed by atoms with van der Waals surface area (Å²) in [6.07, 6.45) is 0.739. The van der Waals surface area contributed by atoms with Gasteiger partial charge in [0.25, 0.3) is 0 Å². The van der Waals surface area contributed by atoms with Crippen LogP contribution in [-0.4, -0.2) is 6.29 Å². The number of thiophene rings is 1. The van der Waals surface area contributed by atoms with E-state index in [1.165, 1.54) is 6.07 Å². The molecule has 0 spiro atoms. The van der Waals surface area contributed by atoms with E-state index < -0.39 is 0 Å². The second kappa shape index (κ2) is 3.20. The van der Waals surface area contributed by atoms with Crippen molar-refractivity contribution in [1.82, 2.24) is 0 Å². The third-order valence-electron chi connectivity index (χ3n) is 1.71. The highest BCUT2D eigenvalue weighted by Gasteiger charge is 2.06. The molecule has 0 bridgehead atoms. The van der Waals surface area contributed by atoms with Crippen LogP contribution in [0, 0.1) is 5.13 Å². The fourth-order valence-electron chi connectivity index (χ4n) is 1.20. The van der Waals surface area contributed by atoms with Crippen LogP contribution in [0.15, 0.2) is 22.7 Å². The highest BCUT2D eigenvalue weighted by Crippen LogP contribution is 2.30. The number of halogens is 2. The molecule has 66 valence electrons. The number of hydrogen-bond donors (Lipinski definition) is 0. The molecule has 0 aliphatic heterocycles. The smallest absolute Gasteiger partial charge is 0.177 e. The van der Waals surface area contributed by atoms with Gasteiger partial charge in [-0.25, -0.2) is 0 Å². The van der Waals surface area contributed by atoms with Crippen LogP contribution in [0.2, 0.25) is 0 Å². The van der Waals surface area contributed by atoms with Gasteiger partial charge >= 0.3 is 0 Å². The topological polar surface area (TPSA) is 17.1 Å². The summed E-state index contributed by atoms with van der Waals surface area (Å²) in [4.78, 5) is 10.6. The Morgan fingerprint density at radius 3 is 2.85 bits per heavy atom. The maximum atomic E-state index is 12.9. The van der Waals surface area contributed by atoms with Crippen LogP contribution in [0.4, 0.5) is 4.39 Å². The zero-order valence-corrected chi connectivity index (χ0v) is 8.78. The summed E-state index contributed by atoms with van der Waals surface area (Å²) < 4.78 is 14.4.